The molecule has 2 rings (SSSR count). The lowest BCUT2D eigenvalue weighted by Gasteiger charge is -2.38. The van der Waals surface area contributed by atoms with Gasteiger partial charge in [0.15, 0.2) is 6.10 Å². The van der Waals surface area contributed by atoms with Crippen molar-refractivity contribution in [2.75, 3.05) is 26.4 Å². The summed E-state index contributed by atoms with van der Waals surface area (Å²) >= 11 is 0. The van der Waals surface area contributed by atoms with E-state index < -0.39 is 40.0 Å². The molecule has 40 heavy (non-hydrogen) atoms. The number of benzene rings is 1. The predicted molar refractivity (Wildman–Crippen MR) is 137 cm³/mol. The summed E-state index contributed by atoms with van der Waals surface area (Å²) in [6.07, 6.45) is -2.44. The maximum atomic E-state index is 13.1. The molecule has 3 atom stereocenters. The molecule has 1 aliphatic rings. The van der Waals surface area contributed by atoms with Gasteiger partial charge in [-0.2, -0.15) is 0 Å². The van der Waals surface area contributed by atoms with E-state index in [-0.39, 0.29) is 70.8 Å². The molecule has 0 saturated carbocycles. The van der Waals surface area contributed by atoms with E-state index in [9.17, 15) is 40.0 Å². The molecule has 224 valence electrons. The first-order chi connectivity index (χ1) is 18.8. The molecule has 1 unspecified atom stereocenters. The van der Waals surface area contributed by atoms with Crippen LogP contribution in [0.4, 0.5) is 0 Å². The molecule has 1 aliphatic carbocycles. The third-order valence-electron chi connectivity index (χ3n) is 6.19. The highest BCUT2D eigenvalue weighted by atomic mass is 17.0. The number of esters is 1. The van der Waals surface area contributed by atoms with Crippen LogP contribution in [0.2, 0.25) is 0 Å². The van der Waals surface area contributed by atoms with Gasteiger partial charge < -0.3 is 34.3 Å². The standard InChI is InChI=1S/C25H37N3O12/c1-25(2,3)26(23(31)9-5-11-38-27(33)34)15-18(40-24(32)10-6-12-39-28(35)36)16-37-22-8-4-7-17-13-20(29)21(30)14-19(17)22/h4,7-8,18,20-21,29-30H,5-6,9-16H2,1-3H3/t18?,20-,21+/m0/s1. The monoisotopic (exact) mass is 571 g/mol. The zero-order valence-corrected chi connectivity index (χ0v) is 22.9. The number of rotatable bonds is 16. The van der Waals surface area contributed by atoms with E-state index in [0.29, 0.717) is 5.75 Å². The quantitative estimate of drug-likeness (QED) is 0.125. The van der Waals surface area contributed by atoms with Crippen LogP contribution in [0.3, 0.4) is 0 Å². The van der Waals surface area contributed by atoms with Gasteiger partial charge in [0.1, 0.15) is 12.4 Å². The largest absolute Gasteiger partial charge is 0.489 e. The molecule has 0 saturated heterocycles. The molecular formula is C25H37N3O12. The summed E-state index contributed by atoms with van der Waals surface area (Å²) in [6.45, 7) is 4.60. The van der Waals surface area contributed by atoms with Gasteiger partial charge in [0.05, 0.1) is 32.0 Å². The summed E-state index contributed by atoms with van der Waals surface area (Å²) in [5.74, 6) is -0.571. The van der Waals surface area contributed by atoms with Crippen molar-refractivity contribution in [3.8, 4) is 5.75 Å². The van der Waals surface area contributed by atoms with Crippen molar-refractivity contribution >= 4 is 11.9 Å². The van der Waals surface area contributed by atoms with Gasteiger partial charge in [0, 0.05) is 36.8 Å². The van der Waals surface area contributed by atoms with Gasteiger partial charge in [0.25, 0.3) is 10.2 Å². The van der Waals surface area contributed by atoms with Crippen LogP contribution in [-0.4, -0.2) is 87.4 Å². The lowest BCUT2D eigenvalue weighted by Crippen LogP contribution is -2.51. The van der Waals surface area contributed by atoms with E-state index in [0.717, 1.165) is 11.1 Å². The number of fused-ring (bicyclic) bond motifs is 1. The maximum absolute atomic E-state index is 13.1. The van der Waals surface area contributed by atoms with Crippen LogP contribution in [0, 0.1) is 20.2 Å². The number of amides is 1. The smallest absolute Gasteiger partial charge is 0.306 e. The summed E-state index contributed by atoms with van der Waals surface area (Å²) < 4.78 is 11.6. The molecule has 0 bridgehead atoms. The molecule has 0 heterocycles. The third kappa shape index (κ3) is 10.8. The van der Waals surface area contributed by atoms with E-state index in [1.165, 1.54) is 4.90 Å². The van der Waals surface area contributed by atoms with Crippen molar-refractivity contribution in [3.05, 3.63) is 49.6 Å². The Bertz CT molecular complexity index is 1030. The molecule has 15 nitrogen and oxygen atoms in total. The first kappa shape index (κ1) is 32.5. The van der Waals surface area contributed by atoms with Gasteiger partial charge >= 0.3 is 5.97 Å². The summed E-state index contributed by atoms with van der Waals surface area (Å²) in [5, 5.41) is 39.0. The lowest BCUT2D eigenvalue weighted by atomic mass is 9.87. The first-order valence-electron chi connectivity index (χ1n) is 12.9. The average Bonchev–Trinajstić information content (AvgIpc) is 2.85. The molecule has 15 heteroatoms. The Labute approximate surface area is 231 Å². The topological polar surface area (TPSA) is 201 Å². The average molecular weight is 572 g/mol. The van der Waals surface area contributed by atoms with E-state index in [2.05, 4.69) is 9.68 Å². The molecule has 0 aromatic heterocycles. The third-order valence-corrected chi connectivity index (χ3v) is 6.19. The van der Waals surface area contributed by atoms with E-state index in [1.807, 2.05) is 6.07 Å². The van der Waals surface area contributed by atoms with Crippen LogP contribution >= 0.6 is 0 Å². The van der Waals surface area contributed by atoms with E-state index in [4.69, 9.17) is 9.47 Å². The second-order valence-electron chi connectivity index (χ2n) is 10.4. The van der Waals surface area contributed by atoms with Gasteiger partial charge in [-0.1, -0.05) is 12.1 Å². The minimum atomic E-state index is -0.958. The highest BCUT2D eigenvalue weighted by Gasteiger charge is 2.32. The van der Waals surface area contributed by atoms with Gasteiger partial charge in [-0.3, -0.25) is 9.59 Å². The molecular weight excluding hydrogens is 534 g/mol. The van der Waals surface area contributed by atoms with Gasteiger partial charge in [0.2, 0.25) is 5.91 Å². The van der Waals surface area contributed by atoms with Gasteiger partial charge in [-0.05, 0) is 45.2 Å². The van der Waals surface area contributed by atoms with Crippen molar-refractivity contribution < 1.29 is 49.1 Å². The number of aliphatic hydroxyl groups excluding tert-OH is 2. The summed E-state index contributed by atoms with van der Waals surface area (Å²) in [5.41, 5.74) is 0.826. The summed E-state index contributed by atoms with van der Waals surface area (Å²) in [7, 11) is 0. The van der Waals surface area contributed by atoms with Crippen molar-refractivity contribution in [1.82, 2.24) is 4.90 Å². The zero-order valence-electron chi connectivity index (χ0n) is 22.9. The summed E-state index contributed by atoms with van der Waals surface area (Å²) in [4.78, 5) is 56.3. The zero-order chi connectivity index (χ0) is 29.9. The molecule has 0 fully saturated rings. The number of nitrogens with zero attached hydrogens (tertiary/aromatic N) is 3. The number of aliphatic hydroxyl groups is 2. The second kappa shape index (κ2) is 15.2. The van der Waals surface area contributed by atoms with Crippen molar-refractivity contribution in [3.63, 3.8) is 0 Å². The Hall–Kier alpha value is -3.72. The van der Waals surface area contributed by atoms with Crippen molar-refractivity contribution in [1.29, 1.82) is 0 Å². The fourth-order valence-corrected chi connectivity index (χ4v) is 4.23. The fraction of sp³-hybridized carbons (Fsp3) is 0.680. The molecule has 2 N–H and O–H groups in total. The highest BCUT2D eigenvalue weighted by Crippen LogP contribution is 2.30. The molecule has 1 aromatic carbocycles. The van der Waals surface area contributed by atoms with Crippen LogP contribution in [0.15, 0.2) is 18.2 Å². The SMILES string of the molecule is CC(C)(C)N(CC(COc1cccc2c1C[C@@H](O)[C@@H](O)C2)OC(=O)CCCO[N+](=O)[O-])C(=O)CCCO[N+](=O)[O-]. The molecule has 0 spiro atoms. The number of hydrogen-bond acceptors (Lipinski definition) is 12. The Morgan fingerprint density at radius 2 is 1.62 bits per heavy atom. The van der Waals surface area contributed by atoms with Crippen molar-refractivity contribution in [2.45, 2.75) is 83.1 Å². The molecule has 0 aliphatic heterocycles. The minimum Gasteiger partial charge on any atom is -0.489 e. The summed E-state index contributed by atoms with van der Waals surface area (Å²) in [6, 6.07) is 5.26. The van der Waals surface area contributed by atoms with Crippen LogP contribution in [0.25, 0.3) is 0 Å². The molecule has 1 aromatic rings. The van der Waals surface area contributed by atoms with Gasteiger partial charge in [-0.25, -0.2) is 0 Å². The first-order valence-corrected chi connectivity index (χ1v) is 12.9. The molecule has 1 amide bonds. The Kier molecular flexibility index (Phi) is 12.3. The Morgan fingerprint density at radius 1 is 1.02 bits per heavy atom. The number of hydrogen-bond donors (Lipinski definition) is 2. The van der Waals surface area contributed by atoms with Crippen LogP contribution in [0.1, 0.15) is 57.6 Å². The second-order valence-corrected chi connectivity index (χ2v) is 10.4. The van der Waals surface area contributed by atoms with Crippen LogP contribution in [0.5, 0.6) is 5.75 Å². The van der Waals surface area contributed by atoms with E-state index in [1.54, 1.807) is 32.9 Å². The number of ether oxygens (including phenoxy) is 2. The molecule has 0 radical (unpaired) electrons. The van der Waals surface area contributed by atoms with E-state index >= 15 is 0 Å². The number of carbonyl (C=O) groups is 2. The predicted octanol–water partition coefficient (Wildman–Crippen LogP) is 1.40. The fourth-order valence-electron chi connectivity index (χ4n) is 4.23. The lowest BCUT2D eigenvalue weighted by molar-refractivity contribution is -0.757. The Morgan fingerprint density at radius 3 is 2.23 bits per heavy atom. The highest BCUT2D eigenvalue weighted by molar-refractivity contribution is 5.77. The van der Waals surface area contributed by atoms with Gasteiger partial charge in [-0.15, -0.1) is 20.2 Å². The van der Waals surface area contributed by atoms with Crippen LogP contribution < -0.4 is 4.74 Å². The van der Waals surface area contributed by atoms with Crippen LogP contribution in [-0.2, 0) is 36.8 Å². The Balaban J connectivity index is 2.16. The number of carbonyl (C=O) groups excluding carboxylic acids is 2. The van der Waals surface area contributed by atoms with Crippen molar-refractivity contribution in [2.24, 2.45) is 0 Å². The minimum absolute atomic E-state index is 0.0398. The maximum Gasteiger partial charge on any atom is 0.306 e. The normalized spacial score (nSPS) is 17.2.